The van der Waals surface area contributed by atoms with Gasteiger partial charge in [-0.3, -0.25) is 0 Å². The number of carboxylic acids is 1. The van der Waals surface area contributed by atoms with Crippen molar-refractivity contribution < 1.29 is 9.90 Å². The number of nitrogens with zero attached hydrogens (tertiary/aromatic N) is 1. The fraction of sp³-hybridized carbons (Fsp3) is 0.500. The van der Waals surface area contributed by atoms with Crippen LogP contribution in [0.15, 0.2) is 18.3 Å². The van der Waals surface area contributed by atoms with E-state index in [-0.39, 0.29) is 5.41 Å². The molecule has 1 aromatic carbocycles. The van der Waals surface area contributed by atoms with Gasteiger partial charge in [-0.15, -0.1) is 0 Å². The van der Waals surface area contributed by atoms with Gasteiger partial charge >= 0.3 is 5.97 Å². The minimum Gasteiger partial charge on any atom is -0.478 e. The zero-order valence-corrected chi connectivity index (χ0v) is 13.7. The number of aromatic carboxylic acids is 1. The fourth-order valence-corrected chi connectivity index (χ4v) is 2.82. The lowest BCUT2D eigenvalue weighted by Gasteiger charge is -2.20. The molecule has 1 aromatic heterocycles. The third-order valence-corrected chi connectivity index (χ3v) is 4.01. The van der Waals surface area contributed by atoms with Crippen LogP contribution in [-0.4, -0.2) is 15.6 Å². The van der Waals surface area contributed by atoms with Crippen LogP contribution in [0.4, 0.5) is 0 Å². The lowest BCUT2D eigenvalue weighted by atomic mass is 9.84. The van der Waals surface area contributed by atoms with Crippen LogP contribution in [0.5, 0.6) is 0 Å². The average molecular weight is 287 g/mol. The van der Waals surface area contributed by atoms with E-state index in [2.05, 4.69) is 51.4 Å². The number of aromatic nitrogens is 1. The van der Waals surface area contributed by atoms with Crippen molar-refractivity contribution in [2.24, 2.45) is 0 Å². The maximum absolute atomic E-state index is 11.7. The molecule has 0 aliphatic carbocycles. The Balaban J connectivity index is 2.86. The van der Waals surface area contributed by atoms with Crippen molar-refractivity contribution in [3.8, 4) is 0 Å². The first-order valence-corrected chi connectivity index (χ1v) is 7.69. The van der Waals surface area contributed by atoms with E-state index in [4.69, 9.17) is 0 Å². The van der Waals surface area contributed by atoms with E-state index in [9.17, 15) is 9.90 Å². The van der Waals surface area contributed by atoms with Crippen LogP contribution < -0.4 is 0 Å². The summed E-state index contributed by atoms with van der Waals surface area (Å²) in [5.41, 5.74) is 3.56. The molecule has 0 aliphatic rings. The molecule has 0 fully saturated rings. The second-order valence-corrected chi connectivity index (χ2v) is 6.67. The first kappa shape index (κ1) is 15.6. The predicted molar refractivity (Wildman–Crippen MR) is 87.3 cm³/mol. The first-order chi connectivity index (χ1) is 9.79. The summed E-state index contributed by atoms with van der Waals surface area (Å²) < 4.78 is 2.07. The highest BCUT2D eigenvalue weighted by Gasteiger charge is 2.22. The van der Waals surface area contributed by atoms with Crippen molar-refractivity contribution in [3.63, 3.8) is 0 Å². The Kier molecular flexibility index (Phi) is 4.13. The number of hydrogen-bond donors (Lipinski definition) is 1. The molecule has 0 atom stereocenters. The van der Waals surface area contributed by atoms with Crippen LogP contribution in [0, 0.1) is 0 Å². The minimum atomic E-state index is -0.845. The molecule has 0 bridgehead atoms. The molecule has 0 amide bonds. The van der Waals surface area contributed by atoms with E-state index in [1.54, 1.807) is 0 Å². The maximum Gasteiger partial charge on any atom is 0.337 e. The number of carbonyl (C=O) groups is 1. The summed E-state index contributed by atoms with van der Waals surface area (Å²) in [4.78, 5) is 11.7. The van der Waals surface area contributed by atoms with Crippen LogP contribution in [-0.2, 0) is 18.4 Å². The number of hydrogen-bond acceptors (Lipinski definition) is 1. The molecule has 1 N–H and O–H groups in total. The summed E-state index contributed by atoms with van der Waals surface area (Å²) in [5.74, 6) is -0.845. The Hall–Kier alpha value is -1.77. The molecule has 2 aromatic rings. The van der Waals surface area contributed by atoms with Crippen molar-refractivity contribution in [1.82, 2.24) is 4.57 Å². The van der Waals surface area contributed by atoms with Crippen molar-refractivity contribution in [3.05, 3.63) is 35.0 Å². The minimum absolute atomic E-state index is 0.0593. The molecule has 3 nitrogen and oxygen atoms in total. The molecule has 0 unspecified atom stereocenters. The lowest BCUT2D eigenvalue weighted by molar-refractivity contribution is 0.0698. The molecule has 114 valence electrons. The maximum atomic E-state index is 11.7. The van der Waals surface area contributed by atoms with Gasteiger partial charge in [0.15, 0.2) is 0 Å². The summed E-state index contributed by atoms with van der Waals surface area (Å²) in [6.45, 7) is 11.4. The van der Waals surface area contributed by atoms with Gasteiger partial charge in [0.1, 0.15) is 0 Å². The summed E-state index contributed by atoms with van der Waals surface area (Å²) in [5, 5.41) is 10.7. The monoisotopic (exact) mass is 287 g/mol. The van der Waals surface area contributed by atoms with Crippen molar-refractivity contribution >= 4 is 16.9 Å². The number of aryl methyl sites for hydroxylation is 2. The van der Waals surface area contributed by atoms with Gasteiger partial charge < -0.3 is 9.67 Å². The zero-order chi connectivity index (χ0) is 15.8. The second-order valence-electron chi connectivity index (χ2n) is 6.67. The van der Waals surface area contributed by atoms with Gasteiger partial charge in [0.25, 0.3) is 0 Å². The number of fused-ring (bicyclic) bond motifs is 1. The first-order valence-electron chi connectivity index (χ1n) is 7.69. The number of carboxylic acid groups (broad SMARTS) is 1. The third kappa shape index (κ3) is 2.82. The molecule has 0 spiro atoms. The predicted octanol–water partition coefficient (Wildman–Crippen LogP) is 4.61. The van der Waals surface area contributed by atoms with E-state index in [0.717, 1.165) is 35.9 Å². The van der Waals surface area contributed by atoms with Crippen LogP contribution in [0.2, 0.25) is 0 Å². The summed E-state index contributed by atoms with van der Waals surface area (Å²) >= 11 is 0. The molecule has 1 heterocycles. The molecular weight excluding hydrogens is 262 g/mol. The molecule has 2 rings (SSSR count). The van der Waals surface area contributed by atoms with E-state index < -0.39 is 5.97 Å². The molecular formula is C18H25NO2. The highest BCUT2D eigenvalue weighted by Crippen LogP contribution is 2.32. The topological polar surface area (TPSA) is 42.2 Å². The number of rotatable bonds is 4. The Bertz CT molecular complexity index is 675. The summed E-state index contributed by atoms with van der Waals surface area (Å²) in [6.07, 6.45) is 4.16. The Morgan fingerprint density at radius 3 is 2.38 bits per heavy atom. The molecule has 0 saturated heterocycles. The van der Waals surface area contributed by atoms with E-state index in [1.165, 1.54) is 5.56 Å². The Morgan fingerprint density at radius 2 is 1.90 bits per heavy atom. The van der Waals surface area contributed by atoms with Crippen LogP contribution >= 0.6 is 0 Å². The largest absolute Gasteiger partial charge is 0.478 e. The molecule has 0 aliphatic heterocycles. The summed E-state index contributed by atoms with van der Waals surface area (Å²) in [6, 6.07) is 4.02. The van der Waals surface area contributed by atoms with Crippen molar-refractivity contribution in [2.45, 2.75) is 59.4 Å². The van der Waals surface area contributed by atoms with Gasteiger partial charge in [0.05, 0.1) is 11.1 Å². The quantitative estimate of drug-likeness (QED) is 0.892. The Morgan fingerprint density at radius 1 is 1.24 bits per heavy atom. The highest BCUT2D eigenvalue weighted by atomic mass is 16.4. The average Bonchev–Trinajstić information content (AvgIpc) is 2.75. The molecule has 0 saturated carbocycles. The highest BCUT2D eigenvalue weighted by molar-refractivity contribution is 6.04. The third-order valence-electron chi connectivity index (χ3n) is 4.01. The lowest BCUT2D eigenvalue weighted by Crippen LogP contribution is -2.13. The fourth-order valence-electron chi connectivity index (χ4n) is 2.82. The van der Waals surface area contributed by atoms with E-state index >= 15 is 0 Å². The molecule has 21 heavy (non-hydrogen) atoms. The van der Waals surface area contributed by atoms with Crippen molar-refractivity contribution in [1.29, 1.82) is 0 Å². The van der Waals surface area contributed by atoms with E-state index in [1.807, 2.05) is 6.07 Å². The van der Waals surface area contributed by atoms with Crippen LogP contribution in [0.25, 0.3) is 10.9 Å². The SMILES string of the molecule is CCCc1cn(CC)c2c(C(=O)O)cc(C(C)(C)C)cc12. The van der Waals surface area contributed by atoms with Gasteiger partial charge in [-0.2, -0.15) is 0 Å². The van der Waals surface area contributed by atoms with Gasteiger partial charge in [0.2, 0.25) is 0 Å². The Labute approximate surface area is 126 Å². The second kappa shape index (κ2) is 5.55. The van der Waals surface area contributed by atoms with Crippen LogP contribution in [0.3, 0.4) is 0 Å². The van der Waals surface area contributed by atoms with Gasteiger partial charge in [0, 0.05) is 18.1 Å². The van der Waals surface area contributed by atoms with Gasteiger partial charge in [-0.05, 0) is 42.0 Å². The molecule has 0 radical (unpaired) electrons. The summed E-state index contributed by atoms with van der Waals surface area (Å²) in [7, 11) is 0. The van der Waals surface area contributed by atoms with Gasteiger partial charge in [-0.25, -0.2) is 4.79 Å². The molecule has 3 heteroatoms. The standard InChI is InChI=1S/C18H25NO2/c1-6-8-12-11-19(7-2)16-14(12)9-13(18(3,4)5)10-15(16)17(20)21/h9-11H,6-8H2,1-5H3,(H,20,21). The smallest absolute Gasteiger partial charge is 0.337 e. The normalized spacial score (nSPS) is 12.0. The van der Waals surface area contributed by atoms with E-state index in [0.29, 0.717) is 5.56 Å². The zero-order valence-electron chi connectivity index (χ0n) is 13.7. The number of benzene rings is 1. The van der Waals surface area contributed by atoms with Gasteiger partial charge in [-0.1, -0.05) is 34.1 Å². The van der Waals surface area contributed by atoms with Crippen molar-refractivity contribution in [2.75, 3.05) is 0 Å². The van der Waals surface area contributed by atoms with Crippen LogP contribution in [0.1, 0.15) is 62.5 Å².